The van der Waals surface area contributed by atoms with E-state index in [0.717, 1.165) is 5.56 Å². The quantitative estimate of drug-likeness (QED) is 0.725. The molecule has 0 spiro atoms. The van der Waals surface area contributed by atoms with Gasteiger partial charge in [-0.1, -0.05) is 0 Å². The van der Waals surface area contributed by atoms with Gasteiger partial charge in [0, 0.05) is 24.8 Å². The molecular weight excluding hydrogens is 180 g/mol. The minimum Gasteiger partial charge on any atom is -0.492 e. The molecule has 2 rings (SSSR count). The fourth-order valence-electron chi connectivity index (χ4n) is 1.48. The molecule has 0 radical (unpaired) electrons. The molecule has 0 amide bonds. The molecule has 1 aromatic rings. The second-order valence-electron chi connectivity index (χ2n) is 3.48. The second kappa shape index (κ2) is 3.55. The molecule has 1 fully saturated rings. The van der Waals surface area contributed by atoms with Crippen LogP contribution in [0.15, 0.2) is 18.5 Å². The highest BCUT2D eigenvalue weighted by atomic mass is 16.5. The Balaban J connectivity index is 2.21. The van der Waals surface area contributed by atoms with Crippen molar-refractivity contribution >= 4 is 0 Å². The molecule has 0 unspecified atom stereocenters. The van der Waals surface area contributed by atoms with Crippen molar-refractivity contribution in [3.63, 3.8) is 0 Å². The van der Waals surface area contributed by atoms with Crippen LogP contribution in [0.2, 0.25) is 0 Å². The van der Waals surface area contributed by atoms with E-state index in [2.05, 4.69) is 10.3 Å². The molecule has 1 aliphatic rings. The maximum Gasteiger partial charge on any atom is 0.137 e. The van der Waals surface area contributed by atoms with Gasteiger partial charge in [0.05, 0.1) is 12.8 Å². The highest BCUT2D eigenvalue weighted by Gasteiger charge is 2.36. The van der Waals surface area contributed by atoms with Gasteiger partial charge in [-0.05, 0) is 13.0 Å². The largest absolute Gasteiger partial charge is 0.492 e. The first-order chi connectivity index (χ1) is 6.74. The number of nitrogens with zero attached hydrogens (tertiary/aromatic N) is 1. The fourth-order valence-corrected chi connectivity index (χ4v) is 1.48. The molecule has 2 heterocycles. The SMILES string of the molecule is CCOc1cncc(C2(O)CNC2)c1. The molecular formula is C10H14N2O2. The van der Waals surface area contributed by atoms with E-state index in [1.165, 1.54) is 0 Å². The molecule has 0 aliphatic carbocycles. The molecule has 0 aromatic carbocycles. The molecule has 4 heteroatoms. The molecule has 1 aliphatic heterocycles. The maximum atomic E-state index is 10.0. The lowest BCUT2D eigenvalue weighted by atomic mass is 9.89. The molecule has 1 saturated heterocycles. The van der Waals surface area contributed by atoms with Gasteiger partial charge in [-0.15, -0.1) is 0 Å². The normalized spacial score (nSPS) is 18.7. The van der Waals surface area contributed by atoms with Gasteiger partial charge in [0.2, 0.25) is 0 Å². The summed E-state index contributed by atoms with van der Waals surface area (Å²) in [7, 11) is 0. The van der Waals surface area contributed by atoms with E-state index < -0.39 is 5.60 Å². The number of pyridine rings is 1. The Morgan fingerprint density at radius 3 is 2.93 bits per heavy atom. The molecule has 0 saturated carbocycles. The topological polar surface area (TPSA) is 54.4 Å². The Bertz CT molecular complexity index is 324. The first kappa shape index (κ1) is 9.43. The summed E-state index contributed by atoms with van der Waals surface area (Å²) < 4.78 is 5.32. The van der Waals surface area contributed by atoms with E-state index >= 15 is 0 Å². The summed E-state index contributed by atoms with van der Waals surface area (Å²) in [6, 6.07) is 1.84. The Morgan fingerprint density at radius 1 is 1.57 bits per heavy atom. The van der Waals surface area contributed by atoms with Crippen molar-refractivity contribution in [1.29, 1.82) is 0 Å². The smallest absolute Gasteiger partial charge is 0.137 e. The summed E-state index contributed by atoms with van der Waals surface area (Å²) in [5.74, 6) is 0.713. The van der Waals surface area contributed by atoms with Crippen LogP contribution in [0.4, 0.5) is 0 Å². The number of hydrogen-bond donors (Lipinski definition) is 2. The van der Waals surface area contributed by atoms with Gasteiger partial charge in [0.1, 0.15) is 11.4 Å². The highest BCUT2D eigenvalue weighted by molar-refractivity contribution is 5.30. The molecule has 2 N–H and O–H groups in total. The van der Waals surface area contributed by atoms with Crippen molar-refractivity contribution < 1.29 is 9.84 Å². The van der Waals surface area contributed by atoms with Crippen molar-refractivity contribution in [1.82, 2.24) is 10.3 Å². The van der Waals surface area contributed by atoms with Crippen molar-refractivity contribution in [2.24, 2.45) is 0 Å². The van der Waals surface area contributed by atoms with Crippen LogP contribution in [0, 0.1) is 0 Å². The number of ether oxygens (including phenoxy) is 1. The third-order valence-corrected chi connectivity index (χ3v) is 2.40. The molecule has 0 bridgehead atoms. The van der Waals surface area contributed by atoms with Gasteiger partial charge < -0.3 is 15.2 Å². The first-order valence-corrected chi connectivity index (χ1v) is 4.76. The average molecular weight is 194 g/mol. The van der Waals surface area contributed by atoms with E-state index in [4.69, 9.17) is 4.74 Å². The Morgan fingerprint density at radius 2 is 2.36 bits per heavy atom. The first-order valence-electron chi connectivity index (χ1n) is 4.76. The van der Waals surface area contributed by atoms with Crippen LogP contribution in [-0.4, -0.2) is 29.8 Å². The van der Waals surface area contributed by atoms with E-state index in [9.17, 15) is 5.11 Å². The van der Waals surface area contributed by atoms with E-state index in [0.29, 0.717) is 25.4 Å². The molecule has 76 valence electrons. The third-order valence-electron chi connectivity index (χ3n) is 2.40. The van der Waals surface area contributed by atoms with Gasteiger partial charge in [0.25, 0.3) is 0 Å². The van der Waals surface area contributed by atoms with Crippen LogP contribution in [0.1, 0.15) is 12.5 Å². The van der Waals surface area contributed by atoms with Gasteiger partial charge in [-0.25, -0.2) is 0 Å². The van der Waals surface area contributed by atoms with Crippen LogP contribution in [-0.2, 0) is 5.60 Å². The third kappa shape index (κ3) is 1.58. The summed E-state index contributed by atoms with van der Waals surface area (Å²) in [5.41, 5.74) is 0.0716. The zero-order chi connectivity index (χ0) is 10.0. The zero-order valence-corrected chi connectivity index (χ0v) is 8.16. The predicted octanol–water partition coefficient (Wildman–Crippen LogP) is 0.271. The van der Waals surface area contributed by atoms with E-state index in [1.807, 2.05) is 13.0 Å². The highest BCUT2D eigenvalue weighted by Crippen LogP contribution is 2.26. The van der Waals surface area contributed by atoms with Crippen molar-refractivity contribution in [2.45, 2.75) is 12.5 Å². The summed E-state index contributed by atoms with van der Waals surface area (Å²) in [5, 5.41) is 13.0. The average Bonchev–Trinajstić information content (AvgIpc) is 2.15. The van der Waals surface area contributed by atoms with Gasteiger partial charge in [-0.3, -0.25) is 4.98 Å². The minimum absolute atomic E-state index is 0.588. The monoisotopic (exact) mass is 194 g/mol. The summed E-state index contributed by atoms with van der Waals surface area (Å²) >= 11 is 0. The zero-order valence-electron chi connectivity index (χ0n) is 8.16. The van der Waals surface area contributed by atoms with Crippen LogP contribution in [0.25, 0.3) is 0 Å². The number of rotatable bonds is 3. The number of hydrogen-bond acceptors (Lipinski definition) is 4. The van der Waals surface area contributed by atoms with Gasteiger partial charge in [0.15, 0.2) is 0 Å². The lowest BCUT2D eigenvalue weighted by Gasteiger charge is -2.37. The number of nitrogens with one attached hydrogen (secondary N) is 1. The molecule has 1 aromatic heterocycles. The lowest BCUT2D eigenvalue weighted by molar-refractivity contribution is -0.0151. The molecule has 0 atom stereocenters. The van der Waals surface area contributed by atoms with Gasteiger partial charge >= 0.3 is 0 Å². The standard InChI is InChI=1S/C10H14N2O2/c1-2-14-9-3-8(4-11-5-9)10(13)6-12-7-10/h3-5,12-13H,2,6-7H2,1H3. The van der Waals surface area contributed by atoms with Crippen LogP contribution in [0.3, 0.4) is 0 Å². The Hall–Kier alpha value is -1.13. The molecule has 4 nitrogen and oxygen atoms in total. The number of aromatic nitrogens is 1. The predicted molar refractivity (Wildman–Crippen MR) is 52.2 cm³/mol. The van der Waals surface area contributed by atoms with Crippen LogP contribution in [0.5, 0.6) is 5.75 Å². The van der Waals surface area contributed by atoms with Crippen molar-refractivity contribution in [2.75, 3.05) is 19.7 Å². The Kier molecular flexibility index (Phi) is 2.39. The lowest BCUT2D eigenvalue weighted by Crippen LogP contribution is -2.56. The van der Waals surface area contributed by atoms with Crippen molar-refractivity contribution in [3.05, 3.63) is 24.0 Å². The minimum atomic E-state index is -0.750. The maximum absolute atomic E-state index is 10.0. The summed E-state index contributed by atoms with van der Waals surface area (Å²) in [4.78, 5) is 4.04. The fraction of sp³-hybridized carbons (Fsp3) is 0.500. The summed E-state index contributed by atoms with van der Waals surface area (Å²) in [6.45, 7) is 3.71. The van der Waals surface area contributed by atoms with Gasteiger partial charge in [-0.2, -0.15) is 0 Å². The number of aliphatic hydroxyl groups is 1. The van der Waals surface area contributed by atoms with Crippen LogP contribution >= 0.6 is 0 Å². The van der Waals surface area contributed by atoms with E-state index in [-0.39, 0.29) is 0 Å². The van der Waals surface area contributed by atoms with E-state index in [1.54, 1.807) is 12.4 Å². The second-order valence-corrected chi connectivity index (χ2v) is 3.48. The summed E-state index contributed by atoms with van der Waals surface area (Å²) in [6.07, 6.45) is 3.34. The Labute approximate surface area is 82.9 Å². The van der Waals surface area contributed by atoms with Crippen molar-refractivity contribution in [3.8, 4) is 5.75 Å². The van der Waals surface area contributed by atoms with Crippen LogP contribution < -0.4 is 10.1 Å². The number of β-amino-alcohol motifs (C(OH)–C–C–N with tert-alkyl or cyclic N) is 1. The molecule has 14 heavy (non-hydrogen) atoms.